The number of hydrogen-bond acceptors (Lipinski definition) is 7. The fourth-order valence-corrected chi connectivity index (χ4v) is 8.17. The van der Waals surface area contributed by atoms with E-state index in [0.717, 1.165) is 48.0 Å². The van der Waals surface area contributed by atoms with Gasteiger partial charge in [-0.25, -0.2) is 17.2 Å². The summed E-state index contributed by atoms with van der Waals surface area (Å²) in [6, 6.07) is 6.95. The summed E-state index contributed by atoms with van der Waals surface area (Å²) in [5, 5.41) is 14.2. The Balaban J connectivity index is 1.41. The summed E-state index contributed by atoms with van der Waals surface area (Å²) >= 11 is 0. The van der Waals surface area contributed by atoms with Gasteiger partial charge in [0.05, 0.1) is 17.6 Å². The Morgan fingerprint density at radius 2 is 1.85 bits per heavy atom. The van der Waals surface area contributed by atoms with Gasteiger partial charge >= 0.3 is 0 Å². The van der Waals surface area contributed by atoms with E-state index in [1.807, 2.05) is 0 Å². The number of aliphatic hydroxyl groups is 1. The van der Waals surface area contributed by atoms with Crippen LogP contribution in [0.3, 0.4) is 0 Å². The normalized spacial score (nSPS) is 26.8. The molecular formula is C26H26F2N4O6S2. The molecule has 0 radical (unpaired) electrons. The van der Waals surface area contributed by atoms with Gasteiger partial charge in [-0.2, -0.15) is 8.42 Å². The van der Waals surface area contributed by atoms with Crippen LogP contribution in [0.4, 0.5) is 20.2 Å². The molecule has 212 valence electrons. The van der Waals surface area contributed by atoms with Gasteiger partial charge in [0.1, 0.15) is 16.2 Å². The minimum atomic E-state index is -4.41. The van der Waals surface area contributed by atoms with Crippen molar-refractivity contribution in [2.24, 2.45) is 22.2 Å². The number of halogens is 2. The molecule has 2 aliphatic heterocycles. The van der Waals surface area contributed by atoms with Crippen LogP contribution in [-0.2, 0) is 31.4 Å². The van der Waals surface area contributed by atoms with Crippen LogP contribution in [0.15, 0.2) is 57.0 Å². The second-order valence-electron chi connectivity index (χ2n) is 10.7. The molecule has 4 atom stereocenters. The number of amides is 1. The Morgan fingerprint density at radius 3 is 2.55 bits per heavy atom. The van der Waals surface area contributed by atoms with E-state index >= 15 is 0 Å². The Kier molecular flexibility index (Phi) is 6.00. The van der Waals surface area contributed by atoms with Crippen molar-refractivity contribution in [1.82, 2.24) is 4.90 Å². The van der Waals surface area contributed by atoms with Gasteiger partial charge in [-0.15, -0.1) is 4.40 Å². The lowest BCUT2D eigenvalue weighted by Gasteiger charge is -2.44. The number of benzene rings is 2. The third-order valence-corrected chi connectivity index (χ3v) is 10.9. The summed E-state index contributed by atoms with van der Waals surface area (Å²) in [4.78, 5) is 15.2. The van der Waals surface area contributed by atoms with Crippen molar-refractivity contribution in [1.29, 1.82) is 0 Å². The lowest BCUT2D eigenvalue weighted by molar-refractivity contribution is -0.134. The fraction of sp³-hybridized carbons (Fsp3) is 0.385. The molecule has 6 rings (SSSR count). The molecule has 2 N–H and O–H groups in total. The van der Waals surface area contributed by atoms with E-state index in [2.05, 4.69) is 9.71 Å². The Hall–Kier alpha value is -3.52. The molecule has 0 saturated heterocycles. The van der Waals surface area contributed by atoms with Crippen molar-refractivity contribution in [2.75, 3.05) is 22.9 Å². The van der Waals surface area contributed by atoms with Crippen molar-refractivity contribution in [3.05, 3.63) is 64.9 Å². The Bertz CT molecular complexity index is 1740. The first kappa shape index (κ1) is 26.7. The number of nitrogens with zero attached hydrogens (tertiary/aromatic N) is 3. The summed E-state index contributed by atoms with van der Waals surface area (Å²) in [6.45, 7) is -0.0605. The van der Waals surface area contributed by atoms with Gasteiger partial charge in [0.15, 0.2) is 17.5 Å². The maximum atomic E-state index is 14.0. The molecule has 2 fully saturated rings. The van der Waals surface area contributed by atoms with E-state index in [-0.39, 0.29) is 57.9 Å². The van der Waals surface area contributed by atoms with E-state index in [9.17, 15) is 35.5 Å². The van der Waals surface area contributed by atoms with E-state index < -0.39 is 43.5 Å². The number of nitrogens with one attached hydrogen (secondary N) is 1. The number of rotatable bonds is 5. The molecule has 2 unspecified atom stereocenters. The zero-order valence-corrected chi connectivity index (χ0v) is 23.1. The first-order valence-electron chi connectivity index (χ1n) is 12.6. The highest BCUT2D eigenvalue weighted by Gasteiger charge is 2.57. The van der Waals surface area contributed by atoms with Crippen LogP contribution in [0.25, 0.3) is 0 Å². The molecule has 1 amide bonds. The molecule has 10 nitrogen and oxygen atoms in total. The number of carbonyl (C=O) groups excluding carboxylic acids is 1. The minimum absolute atomic E-state index is 0.0605. The Morgan fingerprint density at radius 1 is 1.12 bits per heavy atom. The summed E-state index contributed by atoms with van der Waals surface area (Å²) in [5.74, 6) is -3.58. The van der Waals surface area contributed by atoms with Crippen LogP contribution in [0, 0.1) is 29.4 Å². The minimum Gasteiger partial charge on any atom is -0.511 e. The molecule has 2 aromatic carbocycles. The quantitative estimate of drug-likeness (QED) is 0.544. The highest BCUT2D eigenvalue weighted by molar-refractivity contribution is 7.92. The number of fused-ring (bicyclic) bond motifs is 6. The lowest BCUT2D eigenvalue weighted by atomic mass is 9.77. The average molecular weight is 593 g/mol. The molecule has 0 aromatic heterocycles. The number of anilines is 2. The summed E-state index contributed by atoms with van der Waals surface area (Å²) in [5.41, 5.74) is 0.228. The first-order chi connectivity index (χ1) is 18.8. The maximum Gasteiger partial charge on any atom is 0.286 e. The second-order valence-corrected chi connectivity index (χ2v) is 14.3. The summed E-state index contributed by atoms with van der Waals surface area (Å²) in [6.07, 6.45) is 3.47. The average Bonchev–Trinajstić information content (AvgIpc) is 3.50. The zero-order valence-electron chi connectivity index (χ0n) is 21.5. The van der Waals surface area contributed by atoms with Crippen LogP contribution in [0.1, 0.15) is 24.8 Å². The molecule has 0 spiro atoms. The van der Waals surface area contributed by atoms with E-state index in [4.69, 9.17) is 0 Å². The number of carbonyl (C=O) groups is 1. The predicted octanol–water partition coefficient (Wildman–Crippen LogP) is 3.14. The molecular weight excluding hydrogens is 566 g/mol. The molecule has 4 aliphatic rings. The van der Waals surface area contributed by atoms with Crippen LogP contribution >= 0.6 is 0 Å². The number of sulfonamides is 2. The fourth-order valence-electron chi connectivity index (χ4n) is 6.53. The summed E-state index contributed by atoms with van der Waals surface area (Å²) in [7, 11) is -6.79. The van der Waals surface area contributed by atoms with E-state index in [1.165, 1.54) is 30.1 Å². The van der Waals surface area contributed by atoms with Gasteiger partial charge in [-0.05, 0) is 67.0 Å². The second kappa shape index (κ2) is 8.99. The number of amidine groups is 1. The third kappa shape index (κ3) is 4.15. The van der Waals surface area contributed by atoms with Gasteiger partial charge in [0.25, 0.3) is 15.9 Å². The lowest BCUT2D eigenvalue weighted by Crippen LogP contribution is -2.53. The first-order valence-corrected chi connectivity index (χ1v) is 15.9. The Labute approximate surface area is 230 Å². The number of aliphatic hydroxyl groups excluding tert-OH is 1. The van der Waals surface area contributed by atoms with Crippen molar-refractivity contribution in [2.45, 2.75) is 36.7 Å². The molecule has 2 heterocycles. The predicted molar refractivity (Wildman–Crippen MR) is 143 cm³/mol. The van der Waals surface area contributed by atoms with Gasteiger partial charge < -0.3 is 15.3 Å². The van der Waals surface area contributed by atoms with Crippen LogP contribution in [-0.4, -0.2) is 57.9 Å². The number of hydrogen-bond donors (Lipinski definition) is 2. The summed E-state index contributed by atoms with van der Waals surface area (Å²) < 4.78 is 82.7. The molecule has 40 heavy (non-hydrogen) atoms. The topological polar surface area (TPSA) is 136 Å². The van der Waals surface area contributed by atoms with Crippen molar-refractivity contribution in [3.63, 3.8) is 0 Å². The standard InChI is InChI=1S/C26H26F2N4O6S2/c1-31(39(2,35)36)16-6-8-19-20(11-16)40(37,38)30-25(29-19)22-24(33)21-14-4-5-15(10-14)23(21)32(26(22)34)12-13-3-7-17(27)18(28)9-13/h3,6-9,11,14-15,21,23,33H,4-5,10,12H2,1-2H3,(H,29,30)/t14-,15+,21?,23?/m0/s1. The SMILES string of the molecule is CN(c1ccc2c(c1)S(=O)(=O)N=C(C1=C(O)C3C([C@@H]4CC[C@H]3C4)N(Cc3ccc(F)c(F)c3)C1=O)N2)S(C)(=O)=O. The van der Waals surface area contributed by atoms with Gasteiger partial charge in [0, 0.05) is 25.6 Å². The molecule has 2 bridgehead atoms. The van der Waals surface area contributed by atoms with Crippen molar-refractivity contribution < 1.29 is 35.5 Å². The van der Waals surface area contributed by atoms with Gasteiger partial charge in [0.2, 0.25) is 10.0 Å². The maximum absolute atomic E-state index is 14.0. The molecule has 2 aliphatic carbocycles. The van der Waals surface area contributed by atoms with E-state index in [0.29, 0.717) is 5.56 Å². The zero-order chi connectivity index (χ0) is 28.7. The van der Waals surface area contributed by atoms with Crippen molar-refractivity contribution in [3.8, 4) is 0 Å². The third-order valence-electron chi connectivity index (χ3n) is 8.42. The highest BCUT2D eigenvalue weighted by Crippen LogP contribution is 2.55. The smallest absolute Gasteiger partial charge is 0.286 e. The van der Waals surface area contributed by atoms with Crippen LogP contribution in [0.2, 0.25) is 0 Å². The largest absolute Gasteiger partial charge is 0.511 e. The molecule has 2 saturated carbocycles. The van der Waals surface area contributed by atoms with Crippen LogP contribution < -0.4 is 9.62 Å². The molecule has 14 heteroatoms. The van der Waals surface area contributed by atoms with Crippen molar-refractivity contribution >= 4 is 43.2 Å². The monoisotopic (exact) mass is 592 g/mol. The van der Waals surface area contributed by atoms with Crippen LogP contribution in [0.5, 0.6) is 0 Å². The van der Waals surface area contributed by atoms with Gasteiger partial charge in [-0.3, -0.25) is 9.10 Å². The van der Waals surface area contributed by atoms with Gasteiger partial charge in [-0.1, -0.05) is 6.07 Å². The van der Waals surface area contributed by atoms with E-state index in [1.54, 1.807) is 0 Å². The highest BCUT2D eigenvalue weighted by atomic mass is 32.2. The molecule has 2 aromatic rings.